The van der Waals surface area contributed by atoms with Crippen LogP contribution in [0.3, 0.4) is 0 Å². The lowest BCUT2D eigenvalue weighted by atomic mass is 10.1. The summed E-state index contributed by atoms with van der Waals surface area (Å²) in [6, 6.07) is 10.5. The molecule has 1 aromatic rings. The van der Waals surface area contributed by atoms with E-state index in [1.807, 2.05) is 6.07 Å². The third-order valence-electron chi connectivity index (χ3n) is 3.73. The minimum Gasteiger partial charge on any atom is -0.370 e. The molecule has 0 bridgehead atoms. The predicted molar refractivity (Wildman–Crippen MR) is 89.7 cm³/mol. The molecule has 1 saturated heterocycles. The van der Waals surface area contributed by atoms with Gasteiger partial charge in [0.2, 0.25) is 0 Å². The Hall–Kier alpha value is -1.17. The Balaban J connectivity index is 1.47. The summed E-state index contributed by atoms with van der Waals surface area (Å²) in [4.78, 5) is 1.64. The first kappa shape index (κ1) is 16.2. The van der Waals surface area contributed by atoms with E-state index in [1.165, 1.54) is 12.1 Å². The predicted octanol–water partition coefficient (Wildman–Crippen LogP) is -0.00160. The number of hydrogen-bond acceptors (Lipinski definition) is 2. The molecule has 2 rings (SSSR count). The number of ether oxygens (including phenoxy) is 1. The Bertz CT molecular complexity index is 407. The van der Waals surface area contributed by atoms with Crippen LogP contribution in [0.1, 0.15) is 12.0 Å². The molecule has 5 heteroatoms. The van der Waals surface area contributed by atoms with Crippen molar-refractivity contribution in [2.75, 3.05) is 45.9 Å². The summed E-state index contributed by atoms with van der Waals surface area (Å²) in [5, 5.41) is 7.31. The lowest BCUT2D eigenvalue weighted by Gasteiger charge is -2.23. The van der Waals surface area contributed by atoms with E-state index in [0.717, 1.165) is 57.3 Å². The maximum absolute atomic E-state index is 5.36. The highest BCUT2D eigenvalue weighted by molar-refractivity contribution is 7.80. The Morgan fingerprint density at radius 3 is 2.57 bits per heavy atom. The van der Waals surface area contributed by atoms with Crippen molar-refractivity contribution in [1.82, 2.24) is 10.6 Å². The van der Waals surface area contributed by atoms with Gasteiger partial charge < -0.3 is 20.3 Å². The summed E-state index contributed by atoms with van der Waals surface area (Å²) in [6.07, 6.45) is 2.15. The highest BCUT2D eigenvalue weighted by atomic mass is 32.1. The molecule has 1 aromatic carbocycles. The molecule has 0 aromatic heterocycles. The molecule has 1 fully saturated rings. The van der Waals surface area contributed by atoms with Crippen LogP contribution in [0, 0.1) is 0 Å². The number of thiocarbonyl (C=S) groups is 1. The quantitative estimate of drug-likeness (QED) is 0.490. The van der Waals surface area contributed by atoms with Crippen molar-refractivity contribution in [2.24, 2.45) is 0 Å². The summed E-state index contributed by atoms with van der Waals surface area (Å²) >= 11 is 5.29. The lowest BCUT2D eigenvalue weighted by Crippen LogP contribution is -3.14. The molecule has 21 heavy (non-hydrogen) atoms. The van der Waals surface area contributed by atoms with Gasteiger partial charge >= 0.3 is 0 Å². The number of nitrogens with one attached hydrogen (secondary N) is 3. The third-order valence-corrected chi connectivity index (χ3v) is 4.02. The maximum atomic E-state index is 5.36. The van der Waals surface area contributed by atoms with Crippen LogP contribution in [0.2, 0.25) is 0 Å². The number of quaternary nitrogens is 1. The summed E-state index contributed by atoms with van der Waals surface area (Å²) in [7, 11) is 0. The first-order valence-electron chi connectivity index (χ1n) is 7.81. The summed E-state index contributed by atoms with van der Waals surface area (Å²) in [5.74, 6) is 0. The van der Waals surface area contributed by atoms with Gasteiger partial charge in [-0.25, -0.2) is 0 Å². The van der Waals surface area contributed by atoms with Gasteiger partial charge in [-0.05, 0) is 24.2 Å². The van der Waals surface area contributed by atoms with E-state index in [9.17, 15) is 0 Å². The molecule has 0 atom stereocenters. The Labute approximate surface area is 132 Å². The van der Waals surface area contributed by atoms with Crippen molar-refractivity contribution in [1.29, 1.82) is 0 Å². The molecule has 1 aliphatic rings. The van der Waals surface area contributed by atoms with Crippen molar-refractivity contribution in [3.05, 3.63) is 35.9 Å². The molecule has 0 aliphatic carbocycles. The van der Waals surface area contributed by atoms with Crippen molar-refractivity contribution < 1.29 is 9.64 Å². The summed E-state index contributed by atoms with van der Waals surface area (Å²) in [5.41, 5.74) is 1.34. The fourth-order valence-corrected chi connectivity index (χ4v) is 2.68. The van der Waals surface area contributed by atoms with Gasteiger partial charge in [-0.15, -0.1) is 0 Å². The largest absolute Gasteiger partial charge is 0.370 e. The van der Waals surface area contributed by atoms with Gasteiger partial charge in [0.15, 0.2) is 5.11 Å². The molecule has 0 unspecified atom stereocenters. The highest BCUT2D eigenvalue weighted by Crippen LogP contribution is 1.97. The van der Waals surface area contributed by atoms with Crippen molar-refractivity contribution in [3.8, 4) is 0 Å². The fraction of sp³-hybridized carbons (Fsp3) is 0.562. The number of morpholine rings is 1. The molecular formula is C16H26N3OS+. The van der Waals surface area contributed by atoms with Crippen LogP contribution < -0.4 is 15.5 Å². The number of benzene rings is 1. The molecule has 1 aliphatic heterocycles. The Kier molecular flexibility index (Phi) is 7.49. The number of hydrogen-bond donors (Lipinski definition) is 3. The van der Waals surface area contributed by atoms with Crippen molar-refractivity contribution in [3.63, 3.8) is 0 Å². The van der Waals surface area contributed by atoms with E-state index >= 15 is 0 Å². The standard InChI is InChI=1S/C16H25N3OS/c21-16(18-9-7-15-5-2-1-3-6-15)17-8-4-10-19-11-13-20-14-12-19/h1-3,5-6H,4,7-14H2,(H2,17,18,21)/p+1. The van der Waals surface area contributed by atoms with Gasteiger partial charge in [0, 0.05) is 19.5 Å². The zero-order chi connectivity index (χ0) is 14.8. The molecule has 3 N–H and O–H groups in total. The zero-order valence-electron chi connectivity index (χ0n) is 12.6. The van der Waals surface area contributed by atoms with Gasteiger partial charge in [0.1, 0.15) is 13.1 Å². The molecule has 116 valence electrons. The Morgan fingerprint density at radius 2 is 1.81 bits per heavy atom. The van der Waals surface area contributed by atoms with Gasteiger partial charge in [-0.1, -0.05) is 30.3 Å². The fourth-order valence-electron chi connectivity index (χ4n) is 2.48. The lowest BCUT2D eigenvalue weighted by molar-refractivity contribution is -0.908. The second kappa shape index (κ2) is 9.71. The van der Waals surface area contributed by atoms with Gasteiger partial charge in [0.05, 0.1) is 19.8 Å². The SMILES string of the molecule is S=C(NCCC[NH+]1CCOCC1)NCCc1ccccc1. The maximum Gasteiger partial charge on any atom is 0.166 e. The third kappa shape index (κ3) is 6.89. The second-order valence-corrected chi connectivity index (χ2v) is 5.79. The summed E-state index contributed by atoms with van der Waals surface area (Å²) < 4.78 is 5.36. The van der Waals surface area contributed by atoms with Crippen LogP contribution in [-0.4, -0.2) is 51.0 Å². The molecule has 4 nitrogen and oxygen atoms in total. The molecule has 0 radical (unpaired) electrons. The Morgan fingerprint density at radius 1 is 1.10 bits per heavy atom. The van der Waals surface area contributed by atoms with Crippen molar-refractivity contribution >= 4 is 17.3 Å². The van der Waals surface area contributed by atoms with Crippen LogP contribution in [-0.2, 0) is 11.2 Å². The average molecular weight is 308 g/mol. The second-order valence-electron chi connectivity index (χ2n) is 5.38. The zero-order valence-corrected chi connectivity index (χ0v) is 13.4. The average Bonchev–Trinajstić information content (AvgIpc) is 2.54. The van der Waals surface area contributed by atoms with E-state index in [2.05, 4.69) is 34.9 Å². The minimum atomic E-state index is 0.767. The molecule has 0 saturated carbocycles. The molecule has 1 heterocycles. The van der Waals surface area contributed by atoms with Crippen molar-refractivity contribution in [2.45, 2.75) is 12.8 Å². The molecule has 0 spiro atoms. The monoisotopic (exact) mass is 308 g/mol. The molecule has 0 amide bonds. The highest BCUT2D eigenvalue weighted by Gasteiger charge is 2.12. The van der Waals surface area contributed by atoms with Crippen LogP contribution in [0.25, 0.3) is 0 Å². The minimum absolute atomic E-state index is 0.767. The first-order chi connectivity index (χ1) is 10.3. The van der Waals surface area contributed by atoms with Crippen LogP contribution in [0.15, 0.2) is 30.3 Å². The van der Waals surface area contributed by atoms with E-state index in [0.29, 0.717) is 0 Å². The van der Waals surface area contributed by atoms with E-state index < -0.39 is 0 Å². The van der Waals surface area contributed by atoms with E-state index in [1.54, 1.807) is 4.90 Å². The van der Waals surface area contributed by atoms with Gasteiger partial charge in [0.25, 0.3) is 0 Å². The van der Waals surface area contributed by atoms with Gasteiger partial charge in [-0.3, -0.25) is 0 Å². The molecular weight excluding hydrogens is 282 g/mol. The first-order valence-corrected chi connectivity index (χ1v) is 8.22. The summed E-state index contributed by atoms with van der Waals surface area (Å²) in [6.45, 7) is 7.11. The van der Waals surface area contributed by atoms with Crippen LogP contribution in [0.4, 0.5) is 0 Å². The topological polar surface area (TPSA) is 37.7 Å². The van der Waals surface area contributed by atoms with Crippen LogP contribution in [0.5, 0.6) is 0 Å². The van der Waals surface area contributed by atoms with E-state index in [4.69, 9.17) is 17.0 Å². The number of rotatable bonds is 7. The van der Waals surface area contributed by atoms with Crippen LogP contribution >= 0.6 is 12.2 Å². The van der Waals surface area contributed by atoms with E-state index in [-0.39, 0.29) is 0 Å². The van der Waals surface area contributed by atoms with Gasteiger partial charge in [-0.2, -0.15) is 0 Å². The normalized spacial score (nSPS) is 15.6. The smallest absolute Gasteiger partial charge is 0.166 e.